The maximum Gasteiger partial charge on any atom is 0.303 e. The Morgan fingerprint density at radius 1 is 1.33 bits per heavy atom. The van der Waals surface area contributed by atoms with Gasteiger partial charge in [0.25, 0.3) is 0 Å². The molecule has 2 rings (SSSR count). The Balaban J connectivity index is 2.22. The van der Waals surface area contributed by atoms with Gasteiger partial charge < -0.3 is 14.8 Å². The van der Waals surface area contributed by atoms with Crippen LogP contribution < -0.4 is 4.74 Å². The molecule has 0 aliphatic rings. The topological polar surface area (TPSA) is 79.4 Å². The van der Waals surface area contributed by atoms with Gasteiger partial charge in [-0.3, -0.25) is 9.59 Å². The van der Waals surface area contributed by atoms with Gasteiger partial charge in [0.15, 0.2) is 5.78 Å². The van der Waals surface area contributed by atoms with Crippen molar-refractivity contribution >= 4 is 22.7 Å². The van der Waals surface area contributed by atoms with Crippen LogP contribution in [0.25, 0.3) is 10.9 Å². The van der Waals surface area contributed by atoms with Gasteiger partial charge in [-0.1, -0.05) is 6.92 Å². The first-order valence-corrected chi connectivity index (χ1v) is 7.00. The lowest BCUT2D eigenvalue weighted by Gasteiger charge is -2.07. The van der Waals surface area contributed by atoms with Crippen LogP contribution in [0, 0.1) is 5.92 Å². The minimum absolute atomic E-state index is 0.00170. The number of carbonyl (C=O) groups excluding carboxylic acids is 1. The van der Waals surface area contributed by atoms with Gasteiger partial charge in [0.2, 0.25) is 0 Å². The molecule has 1 aromatic carbocycles. The molecule has 1 heterocycles. The Morgan fingerprint density at radius 2 is 2.10 bits per heavy atom. The molecule has 0 spiro atoms. The summed E-state index contributed by atoms with van der Waals surface area (Å²) in [5.41, 5.74) is 1.46. The maximum absolute atomic E-state index is 12.3. The van der Waals surface area contributed by atoms with Crippen LogP contribution in [0.1, 0.15) is 37.0 Å². The third-order valence-corrected chi connectivity index (χ3v) is 3.32. The van der Waals surface area contributed by atoms with Crippen LogP contribution in [0.15, 0.2) is 24.4 Å². The van der Waals surface area contributed by atoms with Gasteiger partial charge >= 0.3 is 5.97 Å². The first-order valence-electron chi connectivity index (χ1n) is 7.00. The predicted molar refractivity (Wildman–Crippen MR) is 79.8 cm³/mol. The molecule has 1 unspecified atom stereocenters. The highest BCUT2D eigenvalue weighted by atomic mass is 16.5. The van der Waals surface area contributed by atoms with E-state index in [0.717, 1.165) is 16.7 Å². The Kier molecular flexibility index (Phi) is 4.62. The number of fused-ring (bicyclic) bond motifs is 1. The predicted octanol–water partition coefficient (Wildman–Crippen LogP) is 3.25. The van der Waals surface area contributed by atoms with Gasteiger partial charge in [0.1, 0.15) is 5.75 Å². The van der Waals surface area contributed by atoms with Crippen LogP contribution >= 0.6 is 0 Å². The third kappa shape index (κ3) is 3.62. The molecular weight excluding hydrogens is 270 g/mol. The summed E-state index contributed by atoms with van der Waals surface area (Å²) in [6.45, 7) is 4.24. The minimum Gasteiger partial charge on any atom is -0.494 e. The lowest BCUT2D eigenvalue weighted by atomic mass is 9.97. The van der Waals surface area contributed by atoms with Crippen molar-refractivity contribution in [3.63, 3.8) is 0 Å². The fourth-order valence-corrected chi connectivity index (χ4v) is 2.38. The molecule has 0 radical (unpaired) electrons. The number of rotatable bonds is 7. The smallest absolute Gasteiger partial charge is 0.303 e. The summed E-state index contributed by atoms with van der Waals surface area (Å²) < 4.78 is 5.45. The molecule has 1 aromatic heterocycles. The number of hydrogen-bond acceptors (Lipinski definition) is 3. The van der Waals surface area contributed by atoms with Crippen LogP contribution in [-0.4, -0.2) is 28.4 Å². The fourth-order valence-electron chi connectivity index (χ4n) is 2.38. The first-order chi connectivity index (χ1) is 10.0. The highest BCUT2D eigenvalue weighted by molar-refractivity contribution is 6.08. The highest BCUT2D eigenvalue weighted by Gasteiger charge is 2.17. The van der Waals surface area contributed by atoms with Gasteiger partial charge in [-0.15, -0.1) is 0 Å². The van der Waals surface area contributed by atoms with E-state index in [9.17, 15) is 9.59 Å². The van der Waals surface area contributed by atoms with Crippen LogP contribution in [-0.2, 0) is 4.79 Å². The fraction of sp³-hybridized carbons (Fsp3) is 0.375. The minimum atomic E-state index is -0.882. The number of ketones is 1. The van der Waals surface area contributed by atoms with Crippen molar-refractivity contribution in [1.29, 1.82) is 0 Å². The van der Waals surface area contributed by atoms with Gasteiger partial charge in [-0.25, -0.2) is 0 Å². The Labute approximate surface area is 122 Å². The number of nitrogens with one attached hydrogen (secondary N) is 1. The lowest BCUT2D eigenvalue weighted by Crippen LogP contribution is -2.10. The maximum atomic E-state index is 12.3. The van der Waals surface area contributed by atoms with E-state index < -0.39 is 5.97 Å². The molecule has 0 saturated heterocycles. The van der Waals surface area contributed by atoms with Gasteiger partial charge in [-0.05, 0) is 31.0 Å². The van der Waals surface area contributed by atoms with Gasteiger partial charge in [0.05, 0.1) is 6.61 Å². The second-order valence-electron chi connectivity index (χ2n) is 5.17. The number of Topliss-reactive ketones (excluding diaryl/α,β-unsaturated/α-hetero) is 1. The summed E-state index contributed by atoms with van der Waals surface area (Å²) >= 11 is 0. The highest BCUT2D eigenvalue weighted by Crippen LogP contribution is 2.26. The summed E-state index contributed by atoms with van der Waals surface area (Å²) in [5, 5.41) is 9.57. The zero-order valence-electron chi connectivity index (χ0n) is 12.2. The van der Waals surface area contributed by atoms with Crippen molar-refractivity contribution in [2.24, 2.45) is 5.92 Å². The number of benzene rings is 1. The molecule has 2 aromatic rings. The molecule has 0 aliphatic carbocycles. The Morgan fingerprint density at radius 3 is 2.76 bits per heavy atom. The zero-order valence-corrected chi connectivity index (χ0v) is 12.2. The largest absolute Gasteiger partial charge is 0.494 e. The van der Waals surface area contributed by atoms with Crippen molar-refractivity contribution in [2.45, 2.75) is 26.7 Å². The normalized spacial score (nSPS) is 12.3. The standard InChI is InChI=1S/C16H19NO4/c1-3-21-11-4-5-14-12(8-11)13(9-17-14)15(18)6-10(2)7-16(19)20/h4-5,8-10,17H,3,6-7H2,1-2H3,(H,19,20). The van der Waals surface area contributed by atoms with Crippen molar-refractivity contribution in [3.8, 4) is 5.75 Å². The van der Waals surface area contributed by atoms with E-state index in [1.807, 2.05) is 25.1 Å². The number of ether oxygens (including phenoxy) is 1. The lowest BCUT2D eigenvalue weighted by molar-refractivity contribution is -0.137. The number of aliphatic carboxylic acids is 1. The molecule has 0 bridgehead atoms. The van der Waals surface area contributed by atoms with Crippen LogP contribution in [0.2, 0.25) is 0 Å². The second kappa shape index (κ2) is 6.43. The number of carbonyl (C=O) groups is 2. The van der Waals surface area contributed by atoms with E-state index in [-0.39, 0.29) is 24.5 Å². The molecular formula is C16H19NO4. The number of H-pyrrole nitrogens is 1. The Hall–Kier alpha value is -2.30. The number of carboxylic acid groups (broad SMARTS) is 1. The molecule has 5 nitrogen and oxygen atoms in total. The van der Waals surface area contributed by atoms with E-state index >= 15 is 0 Å². The van der Waals surface area contributed by atoms with Crippen LogP contribution in [0.4, 0.5) is 0 Å². The SMILES string of the molecule is CCOc1ccc2[nH]cc(C(=O)CC(C)CC(=O)O)c2c1. The molecule has 112 valence electrons. The molecule has 0 fully saturated rings. The summed E-state index contributed by atoms with van der Waals surface area (Å²) in [6, 6.07) is 5.56. The van der Waals surface area contributed by atoms with E-state index in [1.54, 1.807) is 13.1 Å². The zero-order chi connectivity index (χ0) is 15.4. The van der Waals surface area contributed by atoms with Crippen molar-refractivity contribution in [3.05, 3.63) is 30.0 Å². The molecule has 5 heteroatoms. The first kappa shape index (κ1) is 15.1. The summed E-state index contributed by atoms with van der Waals surface area (Å²) in [4.78, 5) is 26.1. The average molecular weight is 289 g/mol. The average Bonchev–Trinajstić information content (AvgIpc) is 2.81. The number of hydrogen-bond donors (Lipinski definition) is 2. The van der Waals surface area contributed by atoms with Crippen molar-refractivity contribution < 1.29 is 19.4 Å². The van der Waals surface area contributed by atoms with E-state index in [1.165, 1.54) is 0 Å². The van der Waals surface area contributed by atoms with Crippen LogP contribution in [0.5, 0.6) is 5.75 Å². The quantitative estimate of drug-likeness (QED) is 0.767. The molecule has 0 amide bonds. The second-order valence-corrected chi connectivity index (χ2v) is 5.17. The Bertz CT molecular complexity index is 659. The van der Waals surface area contributed by atoms with Crippen molar-refractivity contribution in [2.75, 3.05) is 6.61 Å². The van der Waals surface area contributed by atoms with E-state index in [0.29, 0.717) is 12.2 Å². The monoisotopic (exact) mass is 289 g/mol. The van der Waals surface area contributed by atoms with Gasteiger partial charge in [0, 0.05) is 35.5 Å². The molecule has 21 heavy (non-hydrogen) atoms. The number of aromatic nitrogens is 1. The van der Waals surface area contributed by atoms with E-state index in [2.05, 4.69) is 4.98 Å². The van der Waals surface area contributed by atoms with Crippen molar-refractivity contribution in [1.82, 2.24) is 4.98 Å². The van der Waals surface area contributed by atoms with Gasteiger partial charge in [-0.2, -0.15) is 0 Å². The number of carboxylic acids is 1. The third-order valence-electron chi connectivity index (χ3n) is 3.32. The van der Waals surface area contributed by atoms with E-state index in [4.69, 9.17) is 9.84 Å². The molecule has 2 N–H and O–H groups in total. The number of aromatic amines is 1. The molecule has 1 atom stereocenters. The summed E-state index contributed by atoms with van der Waals surface area (Å²) in [7, 11) is 0. The summed E-state index contributed by atoms with van der Waals surface area (Å²) in [5.74, 6) is -0.399. The summed E-state index contributed by atoms with van der Waals surface area (Å²) in [6.07, 6.45) is 1.90. The molecule has 0 aliphatic heterocycles. The molecule has 0 saturated carbocycles. The van der Waals surface area contributed by atoms with Crippen LogP contribution in [0.3, 0.4) is 0 Å².